The molecule has 0 radical (unpaired) electrons. The van der Waals surface area contributed by atoms with Crippen LogP contribution in [0.2, 0.25) is 0 Å². The van der Waals surface area contributed by atoms with Crippen LogP contribution in [0.1, 0.15) is 30.6 Å². The molecule has 94 valence electrons. The van der Waals surface area contributed by atoms with Crippen LogP contribution in [0.15, 0.2) is 16.7 Å². The van der Waals surface area contributed by atoms with Crippen LogP contribution in [0.4, 0.5) is 5.82 Å². The number of hydrogen-bond donors (Lipinski definition) is 1. The molecule has 0 aliphatic heterocycles. The number of pyridine rings is 1. The molecular formula is C12H18BrN3O. The van der Waals surface area contributed by atoms with Crippen molar-refractivity contribution in [1.29, 1.82) is 0 Å². The number of nitrogens with zero attached hydrogens (tertiary/aromatic N) is 2. The van der Waals surface area contributed by atoms with Crippen molar-refractivity contribution in [2.75, 3.05) is 25.5 Å². The molecule has 0 aliphatic rings. The molecule has 0 atom stereocenters. The summed E-state index contributed by atoms with van der Waals surface area (Å²) in [5, 5.41) is 3.10. The first kappa shape index (κ1) is 14.0. The predicted molar refractivity (Wildman–Crippen MR) is 73.4 cm³/mol. The van der Waals surface area contributed by atoms with Crippen LogP contribution >= 0.6 is 15.9 Å². The van der Waals surface area contributed by atoms with E-state index < -0.39 is 0 Å². The zero-order valence-corrected chi connectivity index (χ0v) is 12.0. The Bertz CT molecular complexity index is 395. The Morgan fingerprint density at radius 3 is 2.82 bits per heavy atom. The van der Waals surface area contributed by atoms with Gasteiger partial charge in [-0.1, -0.05) is 6.92 Å². The highest BCUT2D eigenvalue weighted by atomic mass is 79.9. The van der Waals surface area contributed by atoms with E-state index in [1.54, 1.807) is 17.2 Å². The van der Waals surface area contributed by atoms with E-state index >= 15 is 0 Å². The normalized spacial score (nSPS) is 10.1. The molecule has 0 spiro atoms. The van der Waals surface area contributed by atoms with Crippen molar-refractivity contribution in [3.8, 4) is 0 Å². The lowest BCUT2D eigenvalue weighted by atomic mass is 10.2. The average Bonchev–Trinajstić information content (AvgIpc) is 2.31. The van der Waals surface area contributed by atoms with Gasteiger partial charge in [0, 0.05) is 30.8 Å². The molecule has 0 saturated carbocycles. The van der Waals surface area contributed by atoms with E-state index in [9.17, 15) is 4.79 Å². The number of aromatic nitrogens is 1. The van der Waals surface area contributed by atoms with Gasteiger partial charge in [0.2, 0.25) is 0 Å². The van der Waals surface area contributed by atoms with Gasteiger partial charge < -0.3 is 10.2 Å². The van der Waals surface area contributed by atoms with Gasteiger partial charge in [0.05, 0.1) is 5.56 Å². The number of carbonyl (C=O) groups excluding carboxylic acids is 1. The second-order valence-electron chi connectivity index (χ2n) is 3.81. The molecule has 1 N–H and O–H groups in total. The van der Waals surface area contributed by atoms with Crippen LogP contribution in [-0.2, 0) is 0 Å². The van der Waals surface area contributed by atoms with Crippen LogP contribution < -0.4 is 5.32 Å². The summed E-state index contributed by atoms with van der Waals surface area (Å²) in [7, 11) is 1.81. The Labute approximate surface area is 111 Å². The monoisotopic (exact) mass is 299 g/mol. The maximum absolute atomic E-state index is 12.2. The second kappa shape index (κ2) is 6.59. The Hall–Kier alpha value is -1.10. The lowest BCUT2D eigenvalue weighted by molar-refractivity contribution is 0.0795. The standard InChI is InChI=1S/C12H18BrN3O/c1-4-6-16(3)12(17)10-7-9(13)8-15-11(10)14-5-2/h7-8H,4-6H2,1-3H3,(H,14,15). The third kappa shape index (κ3) is 3.70. The number of amides is 1. The maximum atomic E-state index is 12.2. The smallest absolute Gasteiger partial charge is 0.257 e. The van der Waals surface area contributed by atoms with Crippen LogP contribution in [-0.4, -0.2) is 35.9 Å². The van der Waals surface area contributed by atoms with Crippen molar-refractivity contribution < 1.29 is 4.79 Å². The van der Waals surface area contributed by atoms with Gasteiger partial charge >= 0.3 is 0 Å². The highest BCUT2D eigenvalue weighted by molar-refractivity contribution is 9.10. The molecule has 0 saturated heterocycles. The molecule has 4 nitrogen and oxygen atoms in total. The number of carbonyl (C=O) groups is 1. The van der Waals surface area contributed by atoms with Crippen LogP contribution in [0.25, 0.3) is 0 Å². The first-order valence-corrected chi connectivity index (χ1v) is 6.54. The molecule has 1 aromatic rings. The topological polar surface area (TPSA) is 45.2 Å². The van der Waals surface area contributed by atoms with E-state index in [0.29, 0.717) is 11.4 Å². The van der Waals surface area contributed by atoms with Gasteiger partial charge in [0.1, 0.15) is 5.82 Å². The van der Waals surface area contributed by atoms with E-state index in [1.807, 2.05) is 20.9 Å². The Morgan fingerprint density at radius 1 is 1.53 bits per heavy atom. The number of halogens is 1. The molecule has 0 bridgehead atoms. The molecule has 0 fully saturated rings. The molecule has 1 heterocycles. The zero-order valence-electron chi connectivity index (χ0n) is 10.5. The molecule has 17 heavy (non-hydrogen) atoms. The van der Waals surface area contributed by atoms with E-state index in [1.165, 1.54) is 0 Å². The summed E-state index contributed by atoms with van der Waals surface area (Å²) >= 11 is 3.34. The van der Waals surface area contributed by atoms with Crippen LogP contribution in [0.3, 0.4) is 0 Å². The summed E-state index contributed by atoms with van der Waals surface area (Å²) in [5.41, 5.74) is 0.608. The largest absolute Gasteiger partial charge is 0.370 e. The summed E-state index contributed by atoms with van der Waals surface area (Å²) in [6.07, 6.45) is 2.63. The summed E-state index contributed by atoms with van der Waals surface area (Å²) in [4.78, 5) is 18.1. The van der Waals surface area contributed by atoms with E-state index in [4.69, 9.17) is 0 Å². The summed E-state index contributed by atoms with van der Waals surface area (Å²) < 4.78 is 0.812. The molecule has 5 heteroatoms. The SMILES string of the molecule is CCCN(C)C(=O)c1cc(Br)cnc1NCC. The molecular weight excluding hydrogens is 282 g/mol. The van der Waals surface area contributed by atoms with Gasteiger partial charge in [0.25, 0.3) is 5.91 Å². The molecule has 1 rings (SSSR count). The molecule has 0 unspecified atom stereocenters. The van der Waals surface area contributed by atoms with Crippen LogP contribution in [0, 0.1) is 0 Å². The zero-order chi connectivity index (χ0) is 12.8. The Morgan fingerprint density at radius 2 is 2.24 bits per heavy atom. The van der Waals surface area contributed by atoms with Crippen LogP contribution in [0.5, 0.6) is 0 Å². The molecule has 1 amide bonds. The predicted octanol–water partition coefficient (Wildman–Crippen LogP) is 2.76. The highest BCUT2D eigenvalue weighted by Gasteiger charge is 2.16. The van der Waals surface area contributed by atoms with Gasteiger partial charge in [-0.05, 0) is 35.3 Å². The minimum absolute atomic E-state index is 0.00315. The number of hydrogen-bond acceptors (Lipinski definition) is 3. The highest BCUT2D eigenvalue weighted by Crippen LogP contribution is 2.19. The molecule has 0 aliphatic carbocycles. The maximum Gasteiger partial charge on any atom is 0.257 e. The van der Waals surface area contributed by atoms with Crippen molar-refractivity contribution in [2.24, 2.45) is 0 Å². The van der Waals surface area contributed by atoms with Crippen molar-refractivity contribution in [3.05, 3.63) is 22.3 Å². The fourth-order valence-corrected chi connectivity index (χ4v) is 1.88. The first-order valence-electron chi connectivity index (χ1n) is 5.75. The molecule has 1 aromatic heterocycles. The van der Waals surface area contributed by atoms with Gasteiger partial charge in [0.15, 0.2) is 0 Å². The lowest BCUT2D eigenvalue weighted by Crippen LogP contribution is -2.28. The third-order valence-electron chi connectivity index (χ3n) is 2.33. The van der Waals surface area contributed by atoms with Gasteiger partial charge in [-0.3, -0.25) is 4.79 Å². The summed E-state index contributed by atoms with van der Waals surface area (Å²) in [5.74, 6) is 0.639. The quantitative estimate of drug-likeness (QED) is 0.909. The van der Waals surface area contributed by atoms with E-state index in [2.05, 4.69) is 26.2 Å². The summed E-state index contributed by atoms with van der Waals surface area (Å²) in [6, 6.07) is 1.81. The van der Waals surface area contributed by atoms with Gasteiger partial charge in [-0.2, -0.15) is 0 Å². The fourth-order valence-electron chi connectivity index (χ4n) is 1.55. The fraction of sp³-hybridized carbons (Fsp3) is 0.500. The molecule has 0 aromatic carbocycles. The second-order valence-corrected chi connectivity index (χ2v) is 4.72. The summed E-state index contributed by atoms with van der Waals surface area (Å²) in [6.45, 7) is 5.52. The lowest BCUT2D eigenvalue weighted by Gasteiger charge is -2.18. The van der Waals surface area contributed by atoms with E-state index in [0.717, 1.165) is 24.0 Å². The van der Waals surface area contributed by atoms with E-state index in [-0.39, 0.29) is 5.91 Å². The number of anilines is 1. The van der Waals surface area contributed by atoms with Gasteiger partial charge in [-0.15, -0.1) is 0 Å². The Kier molecular flexibility index (Phi) is 5.41. The minimum Gasteiger partial charge on any atom is -0.370 e. The minimum atomic E-state index is -0.00315. The first-order chi connectivity index (χ1) is 8.10. The Balaban J connectivity index is 3.01. The van der Waals surface area contributed by atoms with Crippen molar-refractivity contribution in [3.63, 3.8) is 0 Å². The average molecular weight is 300 g/mol. The van der Waals surface area contributed by atoms with Gasteiger partial charge in [-0.25, -0.2) is 4.98 Å². The number of rotatable bonds is 5. The van der Waals surface area contributed by atoms with Crippen molar-refractivity contribution >= 4 is 27.7 Å². The van der Waals surface area contributed by atoms with Crippen molar-refractivity contribution in [2.45, 2.75) is 20.3 Å². The van der Waals surface area contributed by atoms with Crippen molar-refractivity contribution in [1.82, 2.24) is 9.88 Å². The third-order valence-corrected chi connectivity index (χ3v) is 2.77. The number of nitrogens with one attached hydrogen (secondary N) is 1.